The van der Waals surface area contributed by atoms with Crippen LogP contribution in [0.2, 0.25) is 0 Å². The maximum atomic E-state index is 12.9. The summed E-state index contributed by atoms with van der Waals surface area (Å²) < 4.78 is 5.66. The second-order valence-corrected chi connectivity index (χ2v) is 8.35. The van der Waals surface area contributed by atoms with Crippen molar-refractivity contribution in [3.8, 4) is 11.5 Å². The molecule has 1 saturated heterocycles. The van der Waals surface area contributed by atoms with Crippen molar-refractivity contribution in [3.63, 3.8) is 0 Å². The van der Waals surface area contributed by atoms with Gasteiger partial charge < -0.3 is 9.84 Å². The first-order chi connectivity index (χ1) is 13.8. The lowest BCUT2D eigenvalue weighted by Crippen LogP contribution is -2.27. The molecule has 0 unspecified atom stereocenters. The normalized spacial score (nSPS) is 15.2. The smallest absolute Gasteiger partial charge is 0.315 e. The molecule has 2 aromatic rings. The Morgan fingerprint density at radius 2 is 2.14 bits per heavy atom. The van der Waals surface area contributed by atoms with Crippen LogP contribution in [0.4, 0.5) is 11.4 Å². The number of nitro groups is 1. The van der Waals surface area contributed by atoms with E-state index >= 15 is 0 Å². The molecule has 1 N–H and O–H groups in total. The van der Waals surface area contributed by atoms with Crippen LogP contribution in [-0.2, 0) is 4.79 Å². The molecule has 1 fully saturated rings. The van der Waals surface area contributed by atoms with Crippen LogP contribution in [-0.4, -0.2) is 33.1 Å². The summed E-state index contributed by atoms with van der Waals surface area (Å²) in [5, 5.41) is 21.3. The third-order valence-corrected chi connectivity index (χ3v) is 6.00. The first-order valence-electron chi connectivity index (χ1n) is 8.42. The topological polar surface area (TPSA) is 92.9 Å². The Hall–Kier alpha value is -2.56. The van der Waals surface area contributed by atoms with Gasteiger partial charge >= 0.3 is 5.69 Å². The number of phenols is 1. The largest absolute Gasteiger partial charge is 0.500 e. The van der Waals surface area contributed by atoms with E-state index in [1.807, 2.05) is 24.5 Å². The molecule has 0 saturated carbocycles. The molecule has 150 valence electrons. The number of amides is 1. The summed E-state index contributed by atoms with van der Waals surface area (Å²) in [7, 11) is 0. The zero-order chi connectivity index (χ0) is 21.1. The van der Waals surface area contributed by atoms with Crippen LogP contribution in [0.25, 0.3) is 6.08 Å². The van der Waals surface area contributed by atoms with Gasteiger partial charge in [0.05, 0.1) is 22.1 Å². The van der Waals surface area contributed by atoms with Gasteiger partial charge in [0.2, 0.25) is 5.75 Å². The number of nitro benzene ring substituents is 1. The number of carbonyl (C=O) groups excluding carboxylic acids is 1. The number of ether oxygens (including phenoxy) is 1. The highest BCUT2D eigenvalue weighted by molar-refractivity contribution is 8.27. The molecule has 3 rings (SSSR count). The fourth-order valence-corrected chi connectivity index (χ4v) is 4.45. The monoisotopic (exact) mass is 448 g/mol. The molecule has 0 atom stereocenters. The average molecular weight is 449 g/mol. The Morgan fingerprint density at radius 3 is 2.79 bits per heavy atom. The second kappa shape index (κ2) is 8.85. The summed E-state index contributed by atoms with van der Waals surface area (Å²) in [6, 6.07) is 10.1. The number of phenolic OH excluding ortho intramolecular Hbond substituents is 1. The Kier molecular flexibility index (Phi) is 6.46. The number of anilines is 1. The molecule has 1 amide bonds. The lowest BCUT2D eigenvalue weighted by molar-refractivity contribution is -0.386. The molecular formula is C19H16N2O5S3. The molecule has 0 radical (unpaired) electrons. The molecule has 0 bridgehead atoms. The van der Waals surface area contributed by atoms with E-state index in [0.717, 1.165) is 16.7 Å². The molecule has 29 heavy (non-hydrogen) atoms. The Bertz CT molecular complexity index is 1040. The molecule has 2 aromatic carbocycles. The van der Waals surface area contributed by atoms with Gasteiger partial charge in [-0.1, -0.05) is 30.0 Å². The zero-order valence-electron chi connectivity index (χ0n) is 15.4. The van der Waals surface area contributed by atoms with Gasteiger partial charge in [-0.3, -0.25) is 19.8 Å². The van der Waals surface area contributed by atoms with E-state index in [1.54, 1.807) is 24.8 Å². The van der Waals surface area contributed by atoms with Crippen LogP contribution in [0.15, 0.2) is 46.2 Å². The van der Waals surface area contributed by atoms with Crippen LogP contribution in [0.1, 0.15) is 12.5 Å². The molecular weight excluding hydrogens is 432 g/mol. The highest BCUT2D eigenvalue weighted by Gasteiger charge is 2.33. The summed E-state index contributed by atoms with van der Waals surface area (Å²) in [4.78, 5) is 26.2. The number of nitrogens with zero attached hydrogens (tertiary/aromatic N) is 2. The lowest BCUT2D eigenvalue weighted by atomic mass is 10.1. The summed E-state index contributed by atoms with van der Waals surface area (Å²) in [6.07, 6.45) is 3.45. The van der Waals surface area contributed by atoms with Crippen molar-refractivity contribution < 1.29 is 19.6 Å². The standard InChI is InChI=1S/C19H16N2O5S3/c1-3-26-15-8-11(7-14(17(15)22)21(24)25)9-16-18(23)20(19(27)29-16)12-5-4-6-13(10-12)28-2/h4-10,22H,3H2,1-2H3/b16-9-. The van der Waals surface area contributed by atoms with Crippen molar-refractivity contribution >= 4 is 63.4 Å². The number of thiocarbonyl (C=S) groups is 1. The molecule has 1 heterocycles. The maximum absolute atomic E-state index is 12.9. The van der Waals surface area contributed by atoms with Crippen molar-refractivity contribution in [2.24, 2.45) is 0 Å². The van der Waals surface area contributed by atoms with Crippen LogP contribution in [0.3, 0.4) is 0 Å². The highest BCUT2D eigenvalue weighted by atomic mass is 32.2. The summed E-state index contributed by atoms with van der Waals surface area (Å²) in [5.41, 5.74) is 0.524. The van der Waals surface area contributed by atoms with Crippen LogP contribution in [0.5, 0.6) is 11.5 Å². The molecule has 0 aromatic heterocycles. The number of carbonyl (C=O) groups is 1. The van der Waals surface area contributed by atoms with Crippen LogP contribution in [0, 0.1) is 10.1 Å². The number of hydrogen-bond donors (Lipinski definition) is 1. The van der Waals surface area contributed by atoms with E-state index in [2.05, 4.69) is 0 Å². The number of thioether (sulfide) groups is 2. The molecule has 1 aliphatic heterocycles. The first-order valence-corrected chi connectivity index (χ1v) is 10.9. The second-order valence-electron chi connectivity index (χ2n) is 5.80. The Labute approximate surface area is 180 Å². The predicted molar refractivity (Wildman–Crippen MR) is 120 cm³/mol. The van der Waals surface area contributed by atoms with Crippen molar-refractivity contribution in [1.82, 2.24) is 0 Å². The fraction of sp³-hybridized carbons (Fsp3) is 0.158. The van der Waals surface area contributed by atoms with Gasteiger partial charge in [0.25, 0.3) is 5.91 Å². The SMILES string of the molecule is CCOc1cc(/C=C2\SC(=S)N(c3cccc(SC)c3)C2=O)cc([N+](=O)[O-])c1O. The van der Waals surface area contributed by atoms with E-state index in [4.69, 9.17) is 17.0 Å². The van der Waals surface area contributed by atoms with Crippen molar-refractivity contribution in [3.05, 3.63) is 57.0 Å². The van der Waals surface area contributed by atoms with E-state index in [-0.39, 0.29) is 18.3 Å². The van der Waals surface area contributed by atoms with E-state index in [1.165, 1.54) is 23.1 Å². The maximum Gasteiger partial charge on any atom is 0.315 e. The van der Waals surface area contributed by atoms with Crippen molar-refractivity contribution in [2.45, 2.75) is 11.8 Å². The molecule has 0 spiro atoms. The molecule has 1 aliphatic rings. The van der Waals surface area contributed by atoms with E-state index in [9.17, 15) is 20.0 Å². The average Bonchev–Trinajstić information content (AvgIpc) is 2.97. The van der Waals surface area contributed by atoms with Crippen LogP contribution >= 0.6 is 35.7 Å². The number of rotatable bonds is 6. The highest BCUT2D eigenvalue weighted by Crippen LogP contribution is 2.40. The molecule has 0 aliphatic carbocycles. The third-order valence-electron chi connectivity index (χ3n) is 3.98. The summed E-state index contributed by atoms with van der Waals surface area (Å²) in [5.74, 6) is -0.876. The minimum atomic E-state index is -0.700. The molecule has 7 nitrogen and oxygen atoms in total. The first kappa shape index (κ1) is 21.2. The van der Waals surface area contributed by atoms with Crippen LogP contribution < -0.4 is 9.64 Å². The number of hydrogen-bond acceptors (Lipinski definition) is 8. The summed E-state index contributed by atoms with van der Waals surface area (Å²) >= 11 is 8.04. The fourth-order valence-electron chi connectivity index (χ4n) is 2.69. The Morgan fingerprint density at radius 1 is 1.38 bits per heavy atom. The van der Waals surface area contributed by atoms with E-state index in [0.29, 0.717) is 20.5 Å². The summed E-state index contributed by atoms with van der Waals surface area (Å²) in [6.45, 7) is 1.92. The quantitative estimate of drug-likeness (QED) is 0.221. The van der Waals surface area contributed by atoms with Gasteiger partial charge in [-0.05, 0) is 49.1 Å². The minimum Gasteiger partial charge on any atom is -0.500 e. The van der Waals surface area contributed by atoms with Gasteiger partial charge in [0, 0.05) is 11.0 Å². The zero-order valence-corrected chi connectivity index (χ0v) is 17.9. The van der Waals surface area contributed by atoms with Gasteiger partial charge in [0.1, 0.15) is 0 Å². The molecule has 10 heteroatoms. The van der Waals surface area contributed by atoms with Gasteiger partial charge in [0.15, 0.2) is 10.1 Å². The van der Waals surface area contributed by atoms with Gasteiger partial charge in [-0.25, -0.2) is 0 Å². The number of benzene rings is 2. The van der Waals surface area contributed by atoms with Gasteiger partial charge in [-0.2, -0.15) is 0 Å². The number of aromatic hydroxyl groups is 1. The van der Waals surface area contributed by atoms with Crippen molar-refractivity contribution in [1.29, 1.82) is 0 Å². The van der Waals surface area contributed by atoms with Gasteiger partial charge in [-0.15, -0.1) is 11.8 Å². The third kappa shape index (κ3) is 4.39. The van der Waals surface area contributed by atoms with Crippen molar-refractivity contribution in [2.75, 3.05) is 17.8 Å². The minimum absolute atomic E-state index is 0.0175. The Balaban J connectivity index is 2.00. The van der Waals surface area contributed by atoms with E-state index < -0.39 is 16.4 Å². The predicted octanol–water partition coefficient (Wildman–Crippen LogP) is 4.83. The lowest BCUT2D eigenvalue weighted by Gasteiger charge is -2.15.